The molecule has 3 atom stereocenters. The minimum absolute atomic E-state index is 0.156. The molecule has 2 nitrogen and oxygen atoms in total. The van der Waals surface area contributed by atoms with E-state index in [-0.39, 0.29) is 5.82 Å². The normalized spacial score (nSPS) is 25.2. The Hall–Kier alpha value is -0.930. The number of hydrogen-bond acceptors (Lipinski definition) is 2. The van der Waals surface area contributed by atoms with Crippen LogP contribution in [0.5, 0.6) is 0 Å². The van der Waals surface area contributed by atoms with Crippen LogP contribution in [0.2, 0.25) is 0 Å². The monoisotopic (exact) mass is 292 g/mol. The molecule has 118 valence electrons. The van der Waals surface area contributed by atoms with Crippen LogP contribution in [0.15, 0.2) is 24.3 Å². The summed E-state index contributed by atoms with van der Waals surface area (Å²) >= 11 is 0. The van der Waals surface area contributed by atoms with E-state index in [4.69, 9.17) is 0 Å². The van der Waals surface area contributed by atoms with Gasteiger partial charge in [0.1, 0.15) is 5.82 Å². The molecule has 0 bridgehead atoms. The van der Waals surface area contributed by atoms with Crippen molar-refractivity contribution < 1.29 is 4.39 Å². The first-order valence-corrected chi connectivity index (χ1v) is 8.23. The molecular weight excluding hydrogens is 263 g/mol. The fourth-order valence-corrected chi connectivity index (χ4v) is 3.18. The number of piperazine rings is 1. The topological polar surface area (TPSA) is 15.3 Å². The van der Waals surface area contributed by atoms with Crippen molar-refractivity contribution in [2.75, 3.05) is 13.1 Å². The molecule has 0 radical (unpaired) electrons. The van der Waals surface area contributed by atoms with E-state index in [2.05, 4.69) is 37.9 Å². The maximum absolute atomic E-state index is 13.1. The van der Waals surface area contributed by atoms with E-state index >= 15 is 0 Å². The van der Waals surface area contributed by atoms with Crippen molar-refractivity contribution in [3.8, 4) is 0 Å². The number of halogens is 1. The number of benzene rings is 1. The average molecular weight is 292 g/mol. The van der Waals surface area contributed by atoms with Crippen LogP contribution >= 0.6 is 0 Å². The second-order valence-electron chi connectivity index (χ2n) is 6.77. The van der Waals surface area contributed by atoms with Crippen LogP contribution in [0.4, 0.5) is 4.39 Å². The lowest BCUT2D eigenvalue weighted by molar-refractivity contribution is 0.0752. The SMILES string of the molecule is CCC(C)C1CN(Cc2ccc(F)cc2)C(C(C)C)CN1. The van der Waals surface area contributed by atoms with E-state index in [0.717, 1.165) is 19.6 Å². The van der Waals surface area contributed by atoms with Gasteiger partial charge < -0.3 is 5.32 Å². The van der Waals surface area contributed by atoms with Crippen LogP contribution in [0.1, 0.15) is 39.7 Å². The second-order valence-corrected chi connectivity index (χ2v) is 6.77. The molecule has 1 aromatic rings. The third kappa shape index (κ3) is 4.27. The Morgan fingerprint density at radius 1 is 1.24 bits per heavy atom. The van der Waals surface area contributed by atoms with Crippen LogP contribution < -0.4 is 5.32 Å². The van der Waals surface area contributed by atoms with Gasteiger partial charge in [0.05, 0.1) is 0 Å². The fraction of sp³-hybridized carbons (Fsp3) is 0.667. The maximum Gasteiger partial charge on any atom is 0.123 e. The van der Waals surface area contributed by atoms with E-state index < -0.39 is 0 Å². The summed E-state index contributed by atoms with van der Waals surface area (Å²) in [5.74, 6) is 1.15. The highest BCUT2D eigenvalue weighted by molar-refractivity contribution is 5.16. The lowest BCUT2D eigenvalue weighted by atomic mass is 9.91. The van der Waals surface area contributed by atoms with Crippen molar-refractivity contribution >= 4 is 0 Å². The van der Waals surface area contributed by atoms with Crippen LogP contribution in [0.25, 0.3) is 0 Å². The van der Waals surface area contributed by atoms with Gasteiger partial charge in [-0.15, -0.1) is 0 Å². The zero-order valence-electron chi connectivity index (χ0n) is 13.8. The number of rotatable bonds is 5. The predicted octanol–water partition coefficient (Wildman–Crippen LogP) is 3.67. The van der Waals surface area contributed by atoms with Crippen LogP contribution in [0.3, 0.4) is 0 Å². The lowest BCUT2D eigenvalue weighted by Gasteiger charge is -2.44. The molecule has 3 heteroatoms. The summed E-state index contributed by atoms with van der Waals surface area (Å²) in [5, 5.41) is 3.72. The number of nitrogens with one attached hydrogen (secondary N) is 1. The molecule has 0 amide bonds. The molecule has 0 spiro atoms. The molecule has 0 aromatic heterocycles. The molecule has 21 heavy (non-hydrogen) atoms. The van der Waals surface area contributed by atoms with Gasteiger partial charge in [0.25, 0.3) is 0 Å². The fourth-order valence-electron chi connectivity index (χ4n) is 3.18. The largest absolute Gasteiger partial charge is 0.311 e. The van der Waals surface area contributed by atoms with Crippen molar-refractivity contribution in [2.45, 2.75) is 52.7 Å². The molecule has 3 unspecified atom stereocenters. The first kappa shape index (κ1) is 16.4. The Kier molecular flexibility index (Phi) is 5.77. The molecule has 1 aromatic carbocycles. The Labute approximate surface area is 128 Å². The Morgan fingerprint density at radius 3 is 2.48 bits per heavy atom. The molecular formula is C18H29FN2. The van der Waals surface area contributed by atoms with Gasteiger partial charge in [-0.05, 0) is 29.5 Å². The quantitative estimate of drug-likeness (QED) is 0.891. The van der Waals surface area contributed by atoms with Gasteiger partial charge in [-0.1, -0.05) is 46.2 Å². The van der Waals surface area contributed by atoms with Gasteiger partial charge in [0.2, 0.25) is 0 Å². The van der Waals surface area contributed by atoms with E-state index in [0.29, 0.717) is 23.9 Å². The number of nitrogens with zero attached hydrogens (tertiary/aromatic N) is 1. The maximum atomic E-state index is 13.1. The van der Waals surface area contributed by atoms with Crippen molar-refractivity contribution in [2.24, 2.45) is 11.8 Å². The van der Waals surface area contributed by atoms with Gasteiger partial charge in [0.15, 0.2) is 0 Å². The molecule has 1 fully saturated rings. The van der Waals surface area contributed by atoms with Crippen LogP contribution in [-0.2, 0) is 6.54 Å². The molecule has 0 aliphatic carbocycles. The highest BCUT2D eigenvalue weighted by atomic mass is 19.1. The smallest absolute Gasteiger partial charge is 0.123 e. The zero-order chi connectivity index (χ0) is 15.4. The Morgan fingerprint density at radius 2 is 1.90 bits per heavy atom. The van der Waals surface area contributed by atoms with Crippen LogP contribution in [0, 0.1) is 17.7 Å². The third-order valence-electron chi connectivity index (χ3n) is 4.89. The predicted molar refractivity (Wildman–Crippen MR) is 86.7 cm³/mol. The number of hydrogen-bond donors (Lipinski definition) is 1. The minimum Gasteiger partial charge on any atom is -0.311 e. The van der Waals surface area contributed by atoms with Crippen molar-refractivity contribution in [1.82, 2.24) is 10.2 Å². The van der Waals surface area contributed by atoms with Crippen molar-refractivity contribution in [3.05, 3.63) is 35.6 Å². The first-order chi connectivity index (χ1) is 10.0. The molecule has 1 aliphatic heterocycles. The molecule has 1 N–H and O–H groups in total. The van der Waals surface area contributed by atoms with E-state index in [1.165, 1.54) is 12.0 Å². The zero-order valence-corrected chi connectivity index (χ0v) is 13.8. The first-order valence-electron chi connectivity index (χ1n) is 8.23. The summed E-state index contributed by atoms with van der Waals surface area (Å²) in [5.41, 5.74) is 1.20. The molecule has 1 aliphatic rings. The summed E-state index contributed by atoms with van der Waals surface area (Å²) in [4.78, 5) is 2.57. The summed E-state index contributed by atoms with van der Waals surface area (Å²) in [7, 11) is 0. The minimum atomic E-state index is -0.156. The van der Waals surface area contributed by atoms with Crippen molar-refractivity contribution in [1.29, 1.82) is 0 Å². The van der Waals surface area contributed by atoms with Crippen molar-refractivity contribution in [3.63, 3.8) is 0 Å². The van der Waals surface area contributed by atoms with Gasteiger partial charge in [-0.25, -0.2) is 4.39 Å². The molecule has 1 heterocycles. The Bertz CT molecular complexity index is 429. The summed E-state index contributed by atoms with van der Waals surface area (Å²) < 4.78 is 13.1. The van der Waals surface area contributed by atoms with Crippen LogP contribution in [-0.4, -0.2) is 30.1 Å². The lowest BCUT2D eigenvalue weighted by Crippen LogP contribution is -2.59. The summed E-state index contributed by atoms with van der Waals surface area (Å²) in [6, 6.07) is 8.06. The Balaban J connectivity index is 2.08. The molecule has 0 saturated carbocycles. The summed E-state index contributed by atoms with van der Waals surface area (Å²) in [6.07, 6.45) is 1.20. The van der Waals surface area contributed by atoms with E-state index in [9.17, 15) is 4.39 Å². The van der Waals surface area contributed by atoms with E-state index in [1.54, 1.807) is 12.1 Å². The average Bonchev–Trinajstić information content (AvgIpc) is 2.48. The second kappa shape index (κ2) is 7.37. The third-order valence-corrected chi connectivity index (χ3v) is 4.89. The van der Waals surface area contributed by atoms with Gasteiger partial charge in [-0.3, -0.25) is 4.90 Å². The highest BCUT2D eigenvalue weighted by Crippen LogP contribution is 2.22. The standard InChI is InChI=1S/C18H29FN2/c1-5-14(4)17-12-21(18(10-20-17)13(2)3)11-15-6-8-16(19)9-7-15/h6-9,13-14,17-18,20H,5,10-12H2,1-4H3. The van der Waals surface area contributed by atoms with Gasteiger partial charge >= 0.3 is 0 Å². The molecule has 2 rings (SSSR count). The molecule has 1 saturated heterocycles. The summed E-state index contributed by atoms with van der Waals surface area (Å²) in [6.45, 7) is 12.2. The highest BCUT2D eigenvalue weighted by Gasteiger charge is 2.31. The van der Waals surface area contributed by atoms with E-state index in [1.807, 2.05) is 12.1 Å². The van der Waals surface area contributed by atoms with Gasteiger partial charge in [-0.2, -0.15) is 0 Å². The van der Waals surface area contributed by atoms with Gasteiger partial charge in [0, 0.05) is 31.7 Å².